The molecule has 8 heteroatoms. The molecule has 1 N–H and O–H groups in total. The first-order valence-electron chi connectivity index (χ1n) is 11.2. The van der Waals surface area contributed by atoms with Crippen molar-refractivity contribution in [3.05, 3.63) is 70.5 Å². The highest BCUT2D eigenvalue weighted by Gasteiger charge is 2.26. The molecule has 6 nitrogen and oxygen atoms in total. The van der Waals surface area contributed by atoms with Gasteiger partial charge in [-0.1, -0.05) is 48.0 Å². The maximum absolute atomic E-state index is 14.1. The molecule has 2 fully saturated rings. The second kappa shape index (κ2) is 11.1. The minimum Gasteiger partial charge on any atom is -0.379 e. The predicted octanol–water partition coefficient (Wildman–Crippen LogP) is 3.38. The van der Waals surface area contributed by atoms with Crippen molar-refractivity contribution in [3.63, 3.8) is 0 Å². The summed E-state index contributed by atoms with van der Waals surface area (Å²) in [4.78, 5) is 19.4. The topological polar surface area (TPSA) is 48.1 Å². The minimum atomic E-state index is -0.286. The molecule has 2 aromatic carbocycles. The number of ether oxygens (including phenoxy) is 1. The second-order valence-electron chi connectivity index (χ2n) is 8.29. The van der Waals surface area contributed by atoms with Crippen molar-refractivity contribution in [3.8, 4) is 0 Å². The fraction of sp³-hybridized carbons (Fsp3) is 0.458. The number of rotatable bonds is 6. The van der Waals surface area contributed by atoms with E-state index in [0.717, 1.165) is 38.4 Å². The Morgan fingerprint density at radius 1 is 0.969 bits per heavy atom. The van der Waals surface area contributed by atoms with Gasteiger partial charge in [-0.05, 0) is 17.7 Å². The lowest BCUT2D eigenvalue weighted by molar-refractivity contribution is 0.0335. The zero-order valence-corrected chi connectivity index (χ0v) is 18.9. The van der Waals surface area contributed by atoms with Gasteiger partial charge in [0.25, 0.3) is 0 Å². The van der Waals surface area contributed by atoms with Crippen LogP contribution in [0.5, 0.6) is 0 Å². The normalized spacial score (nSPS) is 19.0. The number of piperazine rings is 1. The zero-order valence-electron chi connectivity index (χ0n) is 18.2. The third kappa shape index (κ3) is 5.98. The molecule has 2 aromatic rings. The number of benzene rings is 2. The van der Waals surface area contributed by atoms with E-state index in [2.05, 4.69) is 27.2 Å². The highest BCUT2D eigenvalue weighted by atomic mass is 35.5. The Balaban J connectivity index is 1.33. The Morgan fingerprint density at radius 2 is 1.69 bits per heavy atom. The Hall–Kier alpha value is -2.19. The lowest BCUT2D eigenvalue weighted by atomic mass is 10.1. The van der Waals surface area contributed by atoms with Crippen LogP contribution in [0.15, 0.2) is 48.5 Å². The van der Waals surface area contributed by atoms with Crippen LogP contribution in [0, 0.1) is 5.82 Å². The van der Waals surface area contributed by atoms with Crippen molar-refractivity contribution in [1.29, 1.82) is 0 Å². The Kier molecular flexibility index (Phi) is 7.97. The molecule has 2 saturated heterocycles. The minimum absolute atomic E-state index is 0.0595. The largest absolute Gasteiger partial charge is 0.379 e. The van der Waals surface area contributed by atoms with Gasteiger partial charge < -0.3 is 15.0 Å². The van der Waals surface area contributed by atoms with Crippen molar-refractivity contribution in [1.82, 2.24) is 20.0 Å². The molecule has 0 aromatic heterocycles. The van der Waals surface area contributed by atoms with Crippen LogP contribution in [-0.4, -0.2) is 79.8 Å². The molecule has 2 aliphatic heterocycles. The average molecular weight is 461 g/mol. The summed E-state index contributed by atoms with van der Waals surface area (Å²) in [6, 6.07) is 14.7. The first-order valence-corrected chi connectivity index (χ1v) is 11.5. The molecule has 1 atom stereocenters. The SMILES string of the molecule is O=C(NC(CN1CCOCC1)c1ccccc1)N1CCN(Cc2c(F)cccc2Cl)CC1. The quantitative estimate of drug-likeness (QED) is 0.718. The number of carbonyl (C=O) groups excluding carboxylic acids is 1. The molecule has 0 radical (unpaired) electrons. The van der Waals surface area contributed by atoms with Crippen molar-refractivity contribution >= 4 is 17.6 Å². The first-order chi connectivity index (χ1) is 15.6. The van der Waals surface area contributed by atoms with Gasteiger partial charge in [0.15, 0.2) is 0 Å². The van der Waals surface area contributed by atoms with Gasteiger partial charge in [0.05, 0.1) is 19.3 Å². The first kappa shape index (κ1) is 23.0. The standard InChI is InChI=1S/C24H30ClFN4O2/c25-21-7-4-8-22(26)20(21)17-28-9-11-30(12-10-28)24(31)27-23(19-5-2-1-3-6-19)18-29-13-15-32-16-14-29/h1-8,23H,9-18H2,(H,27,31). The molecule has 2 amide bonds. The van der Waals surface area contributed by atoms with Crippen molar-refractivity contribution < 1.29 is 13.9 Å². The van der Waals surface area contributed by atoms with Gasteiger partial charge in [0.1, 0.15) is 5.82 Å². The molecule has 0 spiro atoms. The van der Waals surface area contributed by atoms with Crippen molar-refractivity contribution in [2.24, 2.45) is 0 Å². The highest BCUT2D eigenvalue weighted by Crippen LogP contribution is 2.22. The van der Waals surface area contributed by atoms with Gasteiger partial charge >= 0.3 is 6.03 Å². The molecular formula is C24H30ClFN4O2. The van der Waals surface area contributed by atoms with E-state index in [1.807, 2.05) is 23.1 Å². The van der Waals surface area contributed by atoms with E-state index in [-0.39, 0.29) is 17.9 Å². The molecule has 32 heavy (non-hydrogen) atoms. The van der Waals surface area contributed by atoms with Crippen LogP contribution in [0.1, 0.15) is 17.2 Å². The van der Waals surface area contributed by atoms with Gasteiger partial charge in [0, 0.05) is 62.9 Å². The molecule has 4 rings (SSSR count). The van der Waals surface area contributed by atoms with E-state index in [4.69, 9.17) is 16.3 Å². The molecule has 1 unspecified atom stereocenters. The van der Waals surface area contributed by atoms with E-state index in [0.29, 0.717) is 43.3 Å². The summed E-state index contributed by atoms with van der Waals surface area (Å²) in [5, 5.41) is 3.68. The number of hydrogen-bond acceptors (Lipinski definition) is 4. The molecule has 2 aliphatic rings. The van der Waals surface area contributed by atoms with Crippen molar-refractivity contribution in [2.45, 2.75) is 12.6 Å². The summed E-state index contributed by atoms with van der Waals surface area (Å²) < 4.78 is 19.6. The van der Waals surface area contributed by atoms with E-state index >= 15 is 0 Å². The molecule has 172 valence electrons. The number of nitrogens with one attached hydrogen (secondary N) is 1. The summed E-state index contributed by atoms with van der Waals surface area (Å²) in [6.07, 6.45) is 0. The summed E-state index contributed by atoms with van der Waals surface area (Å²) in [6.45, 7) is 6.94. The number of amides is 2. The summed E-state index contributed by atoms with van der Waals surface area (Å²) >= 11 is 6.17. The third-order valence-corrected chi connectivity index (χ3v) is 6.50. The van der Waals surface area contributed by atoms with Gasteiger partial charge in [0.2, 0.25) is 0 Å². The number of hydrogen-bond donors (Lipinski definition) is 1. The lowest BCUT2D eigenvalue weighted by Gasteiger charge is -2.36. The number of nitrogens with zero attached hydrogens (tertiary/aromatic N) is 3. The van der Waals surface area contributed by atoms with E-state index in [9.17, 15) is 9.18 Å². The Morgan fingerprint density at radius 3 is 2.38 bits per heavy atom. The Bertz CT molecular complexity index is 867. The Labute approximate surface area is 193 Å². The molecule has 2 heterocycles. The predicted molar refractivity (Wildman–Crippen MR) is 123 cm³/mol. The average Bonchev–Trinajstić information content (AvgIpc) is 2.83. The van der Waals surface area contributed by atoms with Crippen molar-refractivity contribution in [2.75, 3.05) is 59.0 Å². The molecule has 0 saturated carbocycles. The number of halogens is 2. The second-order valence-corrected chi connectivity index (χ2v) is 8.70. The smallest absolute Gasteiger partial charge is 0.318 e. The van der Waals surface area contributed by atoms with Gasteiger partial charge in [-0.25, -0.2) is 9.18 Å². The van der Waals surface area contributed by atoms with Crippen LogP contribution in [-0.2, 0) is 11.3 Å². The van der Waals surface area contributed by atoms with E-state index in [1.165, 1.54) is 6.07 Å². The van der Waals surface area contributed by atoms with Crippen LogP contribution in [0.2, 0.25) is 5.02 Å². The van der Waals surface area contributed by atoms with E-state index in [1.54, 1.807) is 12.1 Å². The fourth-order valence-corrected chi connectivity index (χ4v) is 4.44. The molecular weight excluding hydrogens is 431 g/mol. The highest BCUT2D eigenvalue weighted by molar-refractivity contribution is 6.31. The van der Waals surface area contributed by atoms with E-state index < -0.39 is 0 Å². The van der Waals surface area contributed by atoms with Crippen LogP contribution >= 0.6 is 11.6 Å². The summed E-state index contributed by atoms with van der Waals surface area (Å²) in [5.41, 5.74) is 1.61. The maximum Gasteiger partial charge on any atom is 0.318 e. The van der Waals surface area contributed by atoms with Gasteiger partial charge in [-0.2, -0.15) is 0 Å². The van der Waals surface area contributed by atoms with Crippen LogP contribution < -0.4 is 5.32 Å². The van der Waals surface area contributed by atoms with Gasteiger partial charge in [-0.3, -0.25) is 9.80 Å². The number of morpholine rings is 1. The lowest BCUT2D eigenvalue weighted by Crippen LogP contribution is -2.53. The van der Waals surface area contributed by atoms with Crippen LogP contribution in [0.4, 0.5) is 9.18 Å². The van der Waals surface area contributed by atoms with Crippen LogP contribution in [0.25, 0.3) is 0 Å². The monoisotopic (exact) mass is 460 g/mol. The third-order valence-electron chi connectivity index (χ3n) is 6.15. The molecule has 0 aliphatic carbocycles. The molecule has 0 bridgehead atoms. The number of urea groups is 1. The van der Waals surface area contributed by atoms with Crippen LogP contribution in [0.3, 0.4) is 0 Å². The fourth-order valence-electron chi connectivity index (χ4n) is 4.22. The van der Waals surface area contributed by atoms with Gasteiger partial charge in [-0.15, -0.1) is 0 Å². The zero-order chi connectivity index (χ0) is 22.3. The summed E-state index contributed by atoms with van der Waals surface area (Å²) in [7, 11) is 0. The maximum atomic E-state index is 14.1. The number of carbonyl (C=O) groups is 1. The summed E-state index contributed by atoms with van der Waals surface area (Å²) in [5.74, 6) is -0.286.